The number of anilines is 1. The molecular formula is C17H25N7. The van der Waals surface area contributed by atoms with Gasteiger partial charge in [-0.1, -0.05) is 0 Å². The summed E-state index contributed by atoms with van der Waals surface area (Å²) in [7, 11) is 4.18. The molecule has 4 rings (SSSR count). The minimum Gasteiger partial charge on any atom is -0.355 e. The van der Waals surface area contributed by atoms with E-state index in [-0.39, 0.29) is 0 Å². The summed E-state index contributed by atoms with van der Waals surface area (Å²) in [6.07, 6.45) is 6.46. The second-order valence-corrected chi connectivity index (χ2v) is 7.16. The van der Waals surface area contributed by atoms with Crippen LogP contribution in [-0.2, 0) is 6.54 Å². The van der Waals surface area contributed by atoms with Gasteiger partial charge in [0.05, 0.1) is 6.54 Å². The average molecular weight is 327 g/mol. The first-order valence-electron chi connectivity index (χ1n) is 8.83. The molecule has 7 nitrogen and oxygen atoms in total. The molecule has 0 unspecified atom stereocenters. The standard InChI is InChI=1S/C17H25N7/c1-22(2)12-16-20-21-17(24(16)14-5-6-14)13-7-10-23(11-8-13)15-4-3-9-18-19-15/h3-4,9,13-14H,5-8,10-12H2,1-2H3. The Morgan fingerprint density at radius 3 is 2.50 bits per heavy atom. The van der Waals surface area contributed by atoms with E-state index in [2.05, 4.69) is 48.9 Å². The molecule has 2 fully saturated rings. The van der Waals surface area contributed by atoms with E-state index in [1.54, 1.807) is 6.20 Å². The molecule has 0 bridgehead atoms. The molecule has 1 aliphatic carbocycles. The van der Waals surface area contributed by atoms with Gasteiger partial charge in [0.15, 0.2) is 5.82 Å². The van der Waals surface area contributed by atoms with E-state index in [0.717, 1.165) is 44.1 Å². The van der Waals surface area contributed by atoms with E-state index in [0.29, 0.717) is 12.0 Å². The van der Waals surface area contributed by atoms with Gasteiger partial charge < -0.3 is 14.4 Å². The van der Waals surface area contributed by atoms with Crippen molar-refractivity contribution < 1.29 is 0 Å². The van der Waals surface area contributed by atoms with Crippen molar-refractivity contribution >= 4 is 5.82 Å². The van der Waals surface area contributed by atoms with E-state index in [1.165, 1.54) is 18.7 Å². The van der Waals surface area contributed by atoms with Gasteiger partial charge in [0.1, 0.15) is 11.6 Å². The summed E-state index contributed by atoms with van der Waals surface area (Å²) < 4.78 is 2.43. The van der Waals surface area contributed by atoms with Crippen molar-refractivity contribution in [1.29, 1.82) is 0 Å². The highest BCUT2D eigenvalue weighted by Gasteiger charge is 2.33. The lowest BCUT2D eigenvalue weighted by molar-refractivity contribution is 0.376. The van der Waals surface area contributed by atoms with Gasteiger partial charge in [-0.2, -0.15) is 5.10 Å². The Morgan fingerprint density at radius 2 is 1.88 bits per heavy atom. The summed E-state index contributed by atoms with van der Waals surface area (Å²) in [6, 6.07) is 4.61. The summed E-state index contributed by atoms with van der Waals surface area (Å²) >= 11 is 0. The van der Waals surface area contributed by atoms with Crippen LogP contribution in [0.4, 0.5) is 5.82 Å². The van der Waals surface area contributed by atoms with E-state index in [9.17, 15) is 0 Å². The molecule has 7 heteroatoms. The number of hydrogen-bond donors (Lipinski definition) is 0. The number of piperidine rings is 1. The Bertz CT molecular complexity index is 670. The Hall–Kier alpha value is -2.02. The van der Waals surface area contributed by atoms with Crippen LogP contribution in [0.15, 0.2) is 18.3 Å². The molecular weight excluding hydrogens is 302 g/mol. The first kappa shape index (κ1) is 15.5. The van der Waals surface area contributed by atoms with Crippen LogP contribution < -0.4 is 4.90 Å². The number of hydrogen-bond acceptors (Lipinski definition) is 6. The highest BCUT2D eigenvalue weighted by Crippen LogP contribution is 2.40. The first-order valence-corrected chi connectivity index (χ1v) is 8.83. The maximum Gasteiger partial charge on any atom is 0.151 e. The van der Waals surface area contributed by atoms with Crippen LogP contribution in [0.25, 0.3) is 0 Å². The maximum absolute atomic E-state index is 4.59. The van der Waals surface area contributed by atoms with Crippen LogP contribution in [0.1, 0.15) is 49.3 Å². The zero-order chi connectivity index (χ0) is 16.5. The Labute approximate surface area is 142 Å². The fourth-order valence-electron chi connectivity index (χ4n) is 3.57. The van der Waals surface area contributed by atoms with Crippen molar-refractivity contribution in [3.63, 3.8) is 0 Å². The lowest BCUT2D eigenvalue weighted by Crippen LogP contribution is -2.34. The molecule has 3 heterocycles. The van der Waals surface area contributed by atoms with Gasteiger partial charge >= 0.3 is 0 Å². The molecule has 0 spiro atoms. The second kappa shape index (κ2) is 6.47. The summed E-state index contributed by atoms with van der Waals surface area (Å²) in [4.78, 5) is 4.49. The van der Waals surface area contributed by atoms with Gasteiger partial charge in [-0.05, 0) is 51.9 Å². The molecule has 0 aromatic carbocycles. The summed E-state index contributed by atoms with van der Waals surface area (Å²) in [6.45, 7) is 2.87. The topological polar surface area (TPSA) is 63.0 Å². The summed E-state index contributed by atoms with van der Waals surface area (Å²) in [5.74, 6) is 3.80. The number of nitrogens with zero attached hydrogens (tertiary/aromatic N) is 7. The van der Waals surface area contributed by atoms with E-state index >= 15 is 0 Å². The van der Waals surface area contributed by atoms with Crippen LogP contribution in [0, 0.1) is 0 Å². The van der Waals surface area contributed by atoms with Crippen molar-refractivity contribution in [2.75, 3.05) is 32.1 Å². The van der Waals surface area contributed by atoms with E-state index in [4.69, 9.17) is 0 Å². The highest BCUT2D eigenvalue weighted by molar-refractivity contribution is 5.37. The number of aromatic nitrogens is 5. The molecule has 24 heavy (non-hydrogen) atoms. The summed E-state index contributed by atoms with van der Waals surface area (Å²) in [5, 5.41) is 17.3. The zero-order valence-electron chi connectivity index (χ0n) is 14.5. The molecule has 1 saturated carbocycles. The van der Waals surface area contributed by atoms with Crippen molar-refractivity contribution in [2.45, 2.75) is 44.2 Å². The van der Waals surface area contributed by atoms with Crippen LogP contribution in [0.2, 0.25) is 0 Å². The third-order valence-electron chi connectivity index (χ3n) is 4.90. The minimum atomic E-state index is 0.502. The van der Waals surface area contributed by atoms with Gasteiger partial charge in [0.25, 0.3) is 0 Å². The van der Waals surface area contributed by atoms with Crippen molar-refractivity contribution in [3.05, 3.63) is 30.0 Å². The lowest BCUT2D eigenvalue weighted by Gasteiger charge is -2.32. The third kappa shape index (κ3) is 3.13. The Morgan fingerprint density at radius 1 is 1.08 bits per heavy atom. The Balaban J connectivity index is 1.48. The fourth-order valence-corrected chi connectivity index (χ4v) is 3.57. The molecule has 0 amide bonds. The van der Waals surface area contributed by atoms with Crippen LogP contribution in [0.3, 0.4) is 0 Å². The molecule has 0 radical (unpaired) electrons. The SMILES string of the molecule is CN(C)Cc1nnc(C2CCN(c3cccnn3)CC2)n1C1CC1. The van der Waals surface area contributed by atoms with Crippen molar-refractivity contribution in [2.24, 2.45) is 0 Å². The molecule has 2 aliphatic rings. The zero-order valence-corrected chi connectivity index (χ0v) is 14.5. The largest absolute Gasteiger partial charge is 0.355 e. The van der Waals surface area contributed by atoms with Gasteiger partial charge in [-0.3, -0.25) is 0 Å². The second-order valence-electron chi connectivity index (χ2n) is 7.16. The highest BCUT2D eigenvalue weighted by atomic mass is 15.3. The fraction of sp³-hybridized carbons (Fsp3) is 0.647. The first-order chi connectivity index (χ1) is 11.7. The Kier molecular flexibility index (Phi) is 4.18. The summed E-state index contributed by atoms with van der Waals surface area (Å²) in [5.41, 5.74) is 0. The molecule has 128 valence electrons. The predicted octanol–water partition coefficient (Wildman–Crippen LogP) is 1.85. The van der Waals surface area contributed by atoms with Crippen LogP contribution in [0.5, 0.6) is 0 Å². The van der Waals surface area contributed by atoms with Gasteiger partial charge in [0, 0.05) is 31.2 Å². The quantitative estimate of drug-likeness (QED) is 0.835. The van der Waals surface area contributed by atoms with Gasteiger partial charge in [-0.25, -0.2) is 0 Å². The monoisotopic (exact) mass is 327 g/mol. The maximum atomic E-state index is 4.59. The number of rotatable bonds is 5. The normalized spacial score (nSPS) is 19.2. The van der Waals surface area contributed by atoms with E-state index in [1.807, 2.05) is 12.1 Å². The van der Waals surface area contributed by atoms with Gasteiger partial charge in [0.2, 0.25) is 0 Å². The average Bonchev–Trinajstić information content (AvgIpc) is 3.36. The van der Waals surface area contributed by atoms with E-state index < -0.39 is 0 Å². The van der Waals surface area contributed by atoms with Crippen LogP contribution in [-0.4, -0.2) is 57.0 Å². The van der Waals surface area contributed by atoms with Gasteiger partial charge in [-0.15, -0.1) is 15.3 Å². The van der Waals surface area contributed by atoms with Crippen molar-refractivity contribution in [3.8, 4) is 0 Å². The molecule has 0 N–H and O–H groups in total. The molecule has 2 aromatic rings. The minimum absolute atomic E-state index is 0.502. The molecule has 1 aliphatic heterocycles. The smallest absolute Gasteiger partial charge is 0.151 e. The van der Waals surface area contributed by atoms with Crippen molar-refractivity contribution in [1.82, 2.24) is 29.9 Å². The molecule has 0 atom stereocenters. The lowest BCUT2D eigenvalue weighted by atomic mass is 9.96. The molecule has 1 saturated heterocycles. The molecule has 2 aromatic heterocycles. The van der Waals surface area contributed by atoms with Crippen LogP contribution >= 0.6 is 0 Å². The predicted molar refractivity (Wildman–Crippen MR) is 91.9 cm³/mol. The third-order valence-corrected chi connectivity index (χ3v) is 4.90.